The molecule has 1 fully saturated rings. The molecule has 0 bridgehead atoms. The number of hydrogen-bond donors (Lipinski definition) is 1. The van der Waals surface area contributed by atoms with Gasteiger partial charge in [-0.05, 0) is 42.8 Å². The van der Waals surface area contributed by atoms with Gasteiger partial charge in [-0.1, -0.05) is 30.3 Å². The molecule has 1 aliphatic rings. The predicted octanol–water partition coefficient (Wildman–Crippen LogP) is 3.68. The van der Waals surface area contributed by atoms with E-state index in [9.17, 15) is 9.18 Å². The topological polar surface area (TPSA) is 39.3 Å². The van der Waals surface area contributed by atoms with Crippen molar-refractivity contribution in [2.24, 2.45) is 0 Å². The number of hydrogen-bond acceptors (Lipinski definition) is 2. The molecule has 1 N–H and O–H groups in total. The zero-order valence-corrected chi connectivity index (χ0v) is 15.5. The highest BCUT2D eigenvalue weighted by atomic mass is 19.1. The number of benzene rings is 2. The van der Waals surface area contributed by atoms with Gasteiger partial charge in [0.2, 0.25) is 5.91 Å². The molecule has 27 heavy (non-hydrogen) atoms. The van der Waals surface area contributed by atoms with E-state index in [1.54, 1.807) is 12.1 Å². The summed E-state index contributed by atoms with van der Waals surface area (Å²) < 4.78 is 13.9. The highest BCUT2D eigenvalue weighted by molar-refractivity contribution is 5.91. The van der Waals surface area contributed by atoms with Gasteiger partial charge in [-0.2, -0.15) is 0 Å². The molecule has 4 nitrogen and oxygen atoms in total. The maximum Gasteiger partial charge on any atom is 0.222 e. The van der Waals surface area contributed by atoms with Crippen LogP contribution >= 0.6 is 0 Å². The standard InChI is InChI=1S/C22H24FN3O/c1-25-11-13-26(14-12-25)21(27)10-8-18-19-15-17(23)7-9-20(19)24-22(18)16-5-3-2-4-6-16/h2-7,9,15,24H,8,10-14H2,1H3. The van der Waals surface area contributed by atoms with Crippen LogP contribution in [0.4, 0.5) is 4.39 Å². The van der Waals surface area contributed by atoms with Crippen LogP contribution < -0.4 is 0 Å². The average Bonchev–Trinajstić information content (AvgIpc) is 3.05. The van der Waals surface area contributed by atoms with Gasteiger partial charge >= 0.3 is 0 Å². The summed E-state index contributed by atoms with van der Waals surface area (Å²) in [7, 11) is 2.08. The van der Waals surface area contributed by atoms with Crippen molar-refractivity contribution in [1.29, 1.82) is 0 Å². The first-order valence-corrected chi connectivity index (χ1v) is 9.43. The molecule has 3 aromatic rings. The Morgan fingerprint density at radius 3 is 2.56 bits per heavy atom. The Kier molecular flexibility index (Phi) is 4.94. The number of aromatic amines is 1. The molecule has 0 aliphatic carbocycles. The van der Waals surface area contributed by atoms with Crippen molar-refractivity contribution in [3.05, 3.63) is 59.9 Å². The molecule has 0 spiro atoms. The van der Waals surface area contributed by atoms with Gasteiger partial charge in [-0.3, -0.25) is 4.79 Å². The molecule has 0 unspecified atom stereocenters. The zero-order chi connectivity index (χ0) is 18.8. The van der Waals surface area contributed by atoms with Gasteiger partial charge in [-0.15, -0.1) is 0 Å². The number of aryl methyl sites for hydroxylation is 1. The minimum atomic E-state index is -0.257. The predicted molar refractivity (Wildman–Crippen MR) is 106 cm³/mol. The van der Waals surface area contributed by atoms with Crippen LogP contribution in [-0.2, 0) is 11.2 Å². The van der Waals surface area contributed by atoms with E-state index in [0.717, 1.165) is 53.9 Å². The summed E-state index contributed by atoms with van der Waals surface area (Å²) in [5.41, 5.74) is 3.94. The number of H-pyrrole nitrogens is 1. The molecule has 1 aliphatic heterocycles. The summed E-state index contributed by atoms with van der Waals surface area (Å²) >= 11 is 0. The number of amides is 1. The first kappa shape index (κ1) is 17.7. The number of fused-ring (bicyclic) bond motifs is 1. The Hall–Kier alpha value is -2.66. The summed E-state index contributed by atoms with van der Waals surface area (Å²) in [5, 5.41) is 0.861. The third-order valence-electron chi connectivity index (χ3n) is 5.38. The summed E-state index contributed by atoms with van der Waals surface area (Å²) in [5.74, 6) is -0.0828. The summed E-state index contributed by atoms with van der Waals surface area (Å²) in [6.45, 7) is 3.39. The van der Waals surface area contributed by atoms with Crippen molar-refractivity contribution in [2.75, 3.05) is 33.2 Å². The van der Waals surface area contributed by atoms with Gasteiger partial charge < -0.3 is 14.8 Å². The SMILES string of the molecule is CN1CCN(C(=O)CCc2c(-c3ccccc3)[nH]c3ccc(F)cc23)CC1. The largest absolute Gasteiger partial charge is 0.354 e. The third kappa shape index (κ3) is 3.74. The van der Waals surface area contributed by atoms with Crippen LogP contribution in [0.15, 0.2) is 48.5 Å². The quantitative estimate of drug-likeness (QED) is 0.766. The Balaban J connectivity index is 1.61. The van der Waals surface area contributed by atoms with Crippen molar-refractivity contribution >= 4 is 16.8 Å². The molecule has 0 radical (unpaired) electrons. The molecule has 140 valence electrons. The van der Waals surface area contributed by atoms with Crippen molar-refractivity contribution in [3.8, 4) is 11.3 Å². The van der Waals surface area contributed by atoms with E-state index in [4.69, 9.17) is 0 Å². The average molecular weight is 365 g/mol. The van der Waals surface area contributed by atoms with Gasteiger partial charge in [0, 0.05) is 49.2 Å². The summed E-state index contributed by atoms with van der Waals surface area (Å²) in [6.07, 6.45) is 1.03. The lowest BCUT2D eigenvalue weighted by atomic mass is 10.0. The van der Waals surface area contributed by atoms with Crippen molar-refractivity contribution in [1.82, 2.24) is 14.8 Å². The fraction of sp³-hybridized carbons (Fsp3) is 0.318. The Labute approximate surface area is 158 Å². The highest BCUT2D eigenvalue weighted by Crippen LogP contribution is 2.32. The van der Waals surface area contributed by atoms with Gasteiger partial charge in [0.05, 0.1) is 0 Å². The van der Waals surface area contributed by atoms with E-state index in [2.05, 4.69) is 16.9 Å². The molecule has 0 atom stereocenters. The minimum Gasteiger partial charge on any atom is -0.354 e. The van der Waals surface area contributed by atoms with Crippen molar-refractivity contribution in [3.63, 3.8) is 0 Å². The van der Waals surface area contributed by atoms with Gasteiger partial charge in [0.15, 0.2) is 0 Å². The van der Waals surface area contributed by atoms with Crippen LogP contribution in [0.25, 0.3) is 22.2 Å². The number of rotatable bonds is 4. The Bertz CT molecular complexity index is 943. The van der Waals surface area contributed by atoms with Crippen molar-refractivity contribution in [2.45, 2.75) is 12.8 Å². The second kappa shape index (κ2) is 7.53. The maximum atomic E-state index is 13.9. The smallest absolute Gasteiger partial charge is 0.222 e. The molecule has 4 rings (SSSR count). The monoisotopic (exact) mass is 365 g/mol. The molecule has 1 saturated heterocycles. The second-order valence-electron chi connectivity index (χ2n) is 7.22. The Morgan fingerprint density at radius 1 is 1.07 bits per heavy atom. The van der Waals surface area contributed by atoms with Crippen LogP contribution in [0.3, 0.4) is 0 Å². The van der Waals surface area contributed by atoms with Gasteiger partial charge in [0.25, 0.3) is 0 Å². The number of carbonyl (C=O) groups is 1. The number of likely N-dealkylation sites (N-methyl/N-ethyl adjacent to an activating group) is 1. The summed E-state index contributed by atoms with van der Waals surface area (Å²) in [4.78, 5) is 20.3. The lowest BCUT2D eigenvalue weighted by Gasteiger charge is -2.32. The number of halogens is 1. The van der Waals surface area contributed by atoms with E-state index in [-0.39, 0.29) is 11.7 Å². The molecule has 2 aromatic carbocycles. The molecule has 5 heteroatoms. The first-order chi connectivity index (χ1) is 13.1. The van der Waals surface area contributed by atoms with E-state index >= 15 is 0 Å². The lowest BCUT2D eigenvalue weighted by molar-refractivity contribution is -0.132. The molecular formula is C22H24FN3O. The molecule has 2 heterocycles. The first-order valence-electron chi connectivity index (χ1n) is 9.43. The van der Waals surface area contributed by atoms with E-state index in [0.29, 0.717) is 12.8 Å². The van der Waals surface area contributed by atoms with Gasteiger partial charge in [0.1, 0.15) is 5.82 Å². The zero-order valence-electron chi connectivity index (χ0n) is 15.5. The molecular weight excluding hydrogens is 341 g/mol. The number of aromatic nitrogens is 1. The highest BCUT2D eigenvalue weighted by Gasteiger charge is 2.20. The second-order valence-corrected chi connectivity index (χ2v) is 7.22. The van der Waals surface area contributed by atoms with Crippen LogP contribution in [0.1, 0.15) is 12.0 Å². The molecule has 0 saturated carbocycles. The van der Waals surface area contributed by atoms with Crippen LogP contribution in [0, 0.1) is 5.82 Å². The minimum absolute atomic E-state index is 0.174. The van der Waals surface area contributed by atoms with E-state index in [1.165, 1.54) is 6.07 Å². The number of piperazine rings is 1. The van der Waals surface area contributed by atoms with E-state index in [1.807, 2.05) is 35.2 Å². The number of nitrogens with zero attached hydrogens (tertiary/aromatic N) is 2. The lowest BCUT2D eigenvalue weighted by Crippen LogP contribution is -2.47. The fourth-order valence-electron chi connectivity index (χ4n) is 3.78. The summed E-state index contributed by atoms with van der Waals surface area (Å²) in [6, 6.07) is 14.8. The van der Waals surface area contributed by atoms with Crippen LogP contribution in [-0.4, -0.2) is 53.9 Å². The number of carbonyl (C=O) groups excluding carboxylic acids is 1. The van der Waals surface area contributed by atoms with Gasteiger partial charge in [-0.25, -0.2) is 4.39 Å². The normalized spacial score (nSPS) is 15.4. The van der Waals surface area contributed by atoms with Crippen LogP contribution in [0.5, 0.6) is 0 Å². The van der Waals surface area contributed by atoms with Crippen molar-refractivity contribution < 1.29 is 9.18 Å². The number of nitrogens with one attached hydrogen (secondary N) is 1. The maximum absolute atomic E-state index is 13.9. The third-order valence-corrected chi connectivity index (χ3v) is 5.38. The van der Waals surface area contributed by atoms with E-state index < -0.39 is 0 Å². The molecule has 1 aromatic heterocycles. The Morgan fingerprint density at radius 2 is 1.81 bits per heavy atom. The van der Waals surface area contributed by atoms with Crippen LogP contribution in [0.2, 0.25) is 0 Å². The fourth-order valence-corrected chi connectivity index (χ4v) is 3.78. The molecule has 1 amide bonds.